The fourth-order valence-corrected chi connectivity index (χ4v) is 4.04. The minimum Gasteiger partial charge on any atom is -0.372 e. The molecule has 4 rings (SSSR count). The van der Waals surface area contributed by atoms with Crippen LogP contribution in [0.4, 0.5) is 5.69 Å². The number of ketones is 1. The summed E-state index contributed by atoms with van der Waals surface area (Å²) in [6.45, 7) is 7.94. The van der Waals surface area contributed by atoms with Crippen LogP contribution in [-0.2, 0) is 0 Å². The topological polar surface area (TPSA) is 61.9 Å². The highest BCUT2D eigenvalue weighted by Gasteiger charge is 2.29. The van der Waals surface area contributed by atoms with Gasteiger partial charge in [-0.2, -0.15) is 0 Å². The van der Waals surface area contributed by atoms with Crippen LogP contribution in [0, 0.1) is 5.41 Å². The van der Waals surface area contributed by atoms with Gasteiger partial charge in [-0.3, -0.25) is 4.79 Å². The van der Waals surface area contributed by atoms with E-state index in [-0.39, 0.29) is 5.78 Å². The van der Waals surface area contributed by atoms with Gasteiger partial charge in [0.1, 0.15) is 5.52 Å². The van der Waals surface area contributed by atoms with Crippen molar-refractivity contribution in [1.29, 1.82) is 0 Å². The number of fused-ring (bicyclic) bond motifs is 1. The number of nitrogens with one attached hydrogen (secondary N) is 1. The number of hydrogen-bond acceptors (Lipinski definition) is 4. The van der Waals surface area contributed by atoms with Crippen LogP contribution < -0.4 is 4.90 Å². The molecule has 0 atom stereocenters. The molecule has 1 saturated heterocycles. The molecule has 0 amide bonds. The molecule has 6 heteroatoms. The SMILES string of the molecule is CC(C)(C)C(=O)c1c(Br)[nH]c2ncc(-c3cccc(N4CCCC4)c3)nc12. The lowest BCUT2D eigenvalue weighted by molar-refractivity contribution is 0.0859. The molecular formula is C21H23BrN4O. The first-order chi connectivity index (χ1) is 12.8. The lowest BCUT2D eigenvalue weighted by Crippen LogP contribution is -2.20. The number of aromatic amines is 1. The maximum absolute atomic E-state index is 12.9. The highest BCUT2D eigenvalue weighted by molar-refractivity contribution is 9.10. The Bertz CT molecular complexity index is 1010. The van der Waals surface area contributed by atoms with E-state index in [0.29, 0.717) is 21.3 Å². The summed E-state index contributed by atoms with van der Waals surface area (Å²) in [7, 11) is 0. The zero-order chi connectivity index (χ0) is 19.2. The largest absolute Gasteiger partial charge is 0.372 e. The maximum Gasteiger partial charge on any atom is 0.173 e. The van der Waals surface area contributed by atoms with Crippen LogP contribution in [0.2, 0.25) is 0 Å². The summed E-state index contributed by atoms with van der Waals surface area (Å²) >= 11 is 3.48. The molecule has 0 bridgehead atoms. The summed E-state index contributed by atoms with van der Waals surface area (Å²) in [4.78, 5) is 27.8. The first-order valence-electron chi connectivity index (χ1n) is 9.29. The van der Waals surface area contributed by atoms with Crippen molar-refractivity contribution in [1.82, 2.24) is 15.0 Å². The Morgan fingerprint density at radius 3 is 2.67 bits per heavy atom. The number of Topliss-reactive ketones (excluding diaryl/α,β-unsaturated/α-hetero) is 1. The van der Waals surface area contributed by atoms with Crippen LogP contribution in [0.5, 0.6) is 0 Å². The molecule has 1 N–H and O–H groups in total. The molecule has 1 aromatic carbocycles. The first-order valence-corrected chi connectivity index (χ1v) is 10.1. The molecule has 1 fully saturated rings. The summed E-state index contributed by atoms with van der Waals surface area (Å²) in [5.41, 5.74) is 4.32. The van der Waals surface area contributed by atoms with Gasteiger partial charge in [-0.25, -0.2) is 9.97 Å². The zero-order valence-corrected chi connectivity index (χ0v) is 17.4. The van der Waals surface area contributed by atoms with E-state index in [4.69, 9.17) is 4.98 Å². The number of anilines is 1. The Hall–Kier alpha value is -2.21. The standard InChI is InChI=1S/C21H23BrN4O/c1-21(2,3)18(27)16-17-20(25-19(16)22)23-12-15(24-17)13-7-6-8-14(11-13)26-9-4-5-10-26/h6-8,11-12H,4-5,9-10H2,1-3H3,(H,23,25). The summed E-state index contributed by atoms with van der Waals surface area (Å²) in [5, 5.41) is 0. The Morgan fingerprint density at radius 1 is 1.22 bits per heavy atom. The van der Waals surface area contributed by atoms with Gasteiger partial charge in [0.2, 0.25) is 0 Å². The number of nitrogens with zero attached hydrogens (tertiary/aromatic N) is 3. The zero-order valence-electron chi connectivity index (χ0n) is 15.8. The van der Waals surface area contributed by atoms with Gasteiger partial charge in [0.15, 0.2) is 11.4 Å². The van der Waals surface area contributed by atoms with Gasteiger partial charge < -0.3 is 9.88 Å². The van der Waals surface area contributed by atoms with E-state index in [2.05, 4.69) is 49.0 Å². The quantitative estimate of drug-likeness (QED) is 0.583. The first kappa shape index (κ1) is 18.2. The van der Waals surface area contributed by atoms with Gasteiger partial charge in [-0.05, 0) is 40.9 Å². The maximum atomic E-state index is 12.9. The highest BCUT2D eigenvalue weighted by Crippen LogP contribution is 2.32. The van der Waals surface area contributed by atoms with E-state index in [1.165, 1.54) is 18.5 Å². The molecule has 0 radical (unpaired) electrons. The number of H-pyrrole nitrogens is 1. The highest BCUT2D eigenvalue weighted by atomic mass is 79.9. The third kappa shape index (κ3) is 3.38. The van der Waals surface area contributed by atoms with E-state index in [1.807, 2.05) is 26.8 Å². The fraction of sp³-hybridized carbons (Fsp3) is 0.381. The van der Waals surface area contributed by atoms with Crippen molar-refractivity contribution in [2.24, 2.45) is 5.41 Å². The van der Waals surface area contributed by atoms with Crippen LogP contribution in [-0.4, -0.2) is 33.8 Å². The van der Waals surface area contributed by atoms with Gasteiger partial charge in [0.25, 0.3) is 0 Å². The van der Waals surface area contributed by atoms with Crippen LogP contribution in [0.3, 0.4) is 0 Å². The van der Waals surface area contributed by atoms with Crippen molar-refractivity contribution in [3.05, 3.63) is 40.6 Å². The Kier molecular flexibility index (Phi) is 4.54. The normalized spacial score (nSPS) is 14.9. The van der Waals surface area contributed by atoms with Gasteiger partial charge in [0.05, 0.1) is 22.1 Å². The predicted octanol–water partition coefficient (Wildman–Crippen LogP) is 5.22. The third-order valence-electron chi connectivity index (χ3n) is 4.98. The molecule has 0 saturated carbocycles. The monoisotopic (exact) mass is 426 g/mol. The van der Waals surface area contributed by atoms with Crippen molar-refractivity contribution < 1.29 is 4.79 Å². The summed E-state index contributed by atoms with van der Waals surface area (Å²) in [5.74, 6) is 0.0397. The van der Waals surface area contributed by atoms with Gasteiger partial charge >= 0.3 is 0 Å². The Morgan fingerprint density at radius 2 is 1.96 bits per heavy atom. The lowest BCUT2D eigenvalue weighted by atomic mass is 9.87. The van der Waals surface area contributed by atoms with E-state index in [9.17, 15) is 4.79 Å². The van der Waals surface area contributed by atoms with E-state index in [1.54, 1.807) is 6.20 Å². The molecule has 2 aromatic heterocycles. The van der Waals surface area contributed by atoms with Crippen molar-refractivity contribution in [3.63, 3.8) is 0 Å². The van der Waals surface area contributed by atoms with Crippen LogP contribution in [0.25, 0.3) is 22.4 Å². The summed E-state index contributed by atoms with van der Waals surface area (Å²) < 4.78 is 0.639. The van der Waals surface area contributed by atoms with E-state index >= 15 is 0 Å². The van der Waals surface area contributed by atoms with Crippen LogP contribution in [0.1, 0.15) is 44.0 Å². The number of rotatable bonds is 3. The molecule has 140 valence electrons. The molecule has 3 heterocycles. The number of aromatic nitrogens is 3. The van der Waals surface area contributed by atoms with Crippen molar-refractivity contribution >= 4 is 38.6 Å². The number of hydrogen-bond donors (Lipinski definition) is 1. The number of benzene rings is 1. The molecule has 0 unspecified atom stereocenters. The second-order valence-electron chi connectivity index (χ2n) is 8.09. The fourth-order valence-electron chi connectivity index (χ4n) is 3.48. The van der Waals surface area contributed by atoms with Crippen molar-refractivity contribution in [3.8, 4) is 11.3 Å². The molecule has 5 nitrogen and oxygen atoms in total. The second-order valence-corrected chi connectivity index (χ2v) is 8.88. The van der Waals surface area contributed by atoms with E-state index in [0.717, 1.165) is 24.3 Å². The number of carbonyl (C=O) groups excluding carboxylic acids is 1. The molecule has 3 aromatic rings. The minimum atomic E-state index is -0.495. The van der Waals surface area contributed by atoms with Crippen molar-refractivity contribution in [2.45, 2.75) is 33.6 Å². The number of halogens is 1. The molecule has 0 aliphatic carbocycles. The number of carbonyl (C=O) groups is 1. The van der Waals surface area contributed by atoms with Crippen LogP contribution in [0.15, 0.2) is 35.1 Å². The van der Waals surface area contributed by atoms with E-state index < -0.39 is 5.41 Å². The van der Waals surface area contributed by atoms with Gasteiger partial charge in [0, 0.05) is 29.8 Å². The predicted molar refractivity (Wildman–Crippen MR) is 112 cm³/mol. The molecule has 1 aliphatic rings. The van der Waals surface area contributed by atoms with Gasteiger partial charge in [-0.1, -0.05) is 32.9 Å². The molecule has 27 heavy (non-hydrogen) atoms. The summed E-state index contributed by atoms with van der Waals surface area (Å²) in [6, 6.07) is 8.40. The van der Waals surface area contributed by atoms with Crippen molar-refractivity contribution in [2.75, 3.05) is 18.0 Å². The minimum absolute atomic E-state index is 0.0397. The molecule has 1 aliphatic heterocycles. The van der Waals surface area contributed by atoms with Crippen LogP contribution >= 0.6 is 15.9 Å². The lowest BCUT2D eigenvalue weighted by Gasteiger charge is -2.18. The third-order valence-corrected chi connectivity index (χ3v) is 5.57. The average molecular weight is 427 g/mol. The molecular weight excluding hydrogens is 404 g/mol. The average Bonchev–Trinajstić information content (AvgIpc) is 3.27. The van der Waals surface area contributed by atoms with Gasteiger partial charge in [-0.15, -0.1) is 0 Å². The Labute approximate surface area is 167 Å². The Balaban J connectivity index is 1.80. The smallest absolute Gasteiger partial charge is 0.173 e. The second kappa shape index (κ2) is 6.75. The molecule has 0 spiro atoms. The summed E-state index contributed by atoms with van der Waals surface area (Å²) in [6.07, 6.45) is 4.25.